The van der Waals surface area contributed by atoms with Crippen molar-refractivity contribution in [3.05, 3.63) is 12.7 Å². The largest absolute Gasteiger partial charge is 0.335 e. The van der Waals surface area contributed by atoms with Gasteiger partial charge in [-0.05, 0) is 6.42 Å². The van der Waals surface area contributed by atoms with Crippen LogP contribution in [-0.4, -0.2) is 38.5 Å². The van der Waals surface area contributed by atoms with Gasteiger partial charge < -0.3 is 10.6 Å². The Morgan fingerprint density at radius 3 is 2.79 bits per heavy atom. The Kier molecular flexibility index (Phi) is 3.51. The predicted molar refractivity (Wildman–Crippen MR) is 53.8 cm³/mol. The van der Waals surface area contributed by atoms with Gasteiger partial charge >= 0.3 is 6.03 Å². The van der Waals surface area contributed by atoms with E-state index in [0.717, 1.165) is 0 Å². The standard InChI is InChI=1S/C8H14N2O3S/c1-2-4-9-8(11)10-7-3-5-14(12,13)6-7/h2,7H,1,3-6H2,(H2,9,10,11). The highest BCUT2D eigenvalue weighted by Crippen LogP contribution is 2.10. The molecule has 1 aliphatic heterocycles. The normalized spacial score (nSPS) is 24.1. The topological polar surface area (TPSA) is 75.3 Å². The molecule has 1 fully saturated rings. The molecule has 0 aromatic rings. The fraction of sp³-hybridized carbons (Fsp3) is 0.625. The highest BCUT2D eigenvalue weighted by atomic mass is 32.2. The fourth-order valence-electron chi connectivity index (χ4n) is 1.31. The van der Waals surface area contributed by atoms with Crippen molar-refractivity contribution in [2.24, 2.45) is 0 Å². The number of hydrogen-bond donors (Lipinski definition) is 2. The minimum atomic E-state index is -2.92. The number of rotatable bonds is 3. The first-order chi connectivity index (χ1) is 6.53. The van der Waals surface area contributed by atoms with Gasteiger partial charge in [0.1, 0.15) is 0 Å². The van der Waals surface area contributed by atoms with Crippen molar-refractivity contribution in [2.75, 3.05) is 18.1 Å². The lowest BCUT2D eigenvalue weighted by atomic mass is 10.3. The van der Waals surface area contributed by atoms with Gasteiger partial charge in [0, 0.05) is 12.6 Å². The molecule has 1 atom stereocenters. The maximum atomic E-state index is 11.1. The maximum Gasteiger partial charge on any atom is 0.315 e. The van der Waals surface area contributed by atoms with Crippen LogP contribution < -0.4 is 10.6 Å². The van der Waals surface area contributed by atoms with Gasteiger partial charge in [-0.2, -0.15) is 0 Å². The van der Waals surface area contributed by atoms with Gasteiger partial charge in [0.05, 0.1) is 11.5 Å². The van der Waals surface area contributed by atoms with Gasteiger partial charge in [0.15, 0.2) is 9.84 Å². The van der Waals surface area contributed by atoms with E-state index >= 15 is 0 Å². The number of carbonyl (C=O) groups excluding carboxylic acids is 1. The molecule has 5 nitrogen and oxygen atoms in total. The van der Waals surface area contributed by atoms with Crippen molar-refractivity contribution in [1.82, 2.24) is 10.6 Å². The van der Waals surface area contributed by atoms with Crippen LogP contribution in [-0.2, 0) is 9.84 Å². The van der Waals surface area contributed by atoms with Crippen LogP contribution in [0.5, 0.6) is 0 Å². The molecule has 2 amide bonds. The monoisotopic (exact) mass is 218 g/mol. The van der Waals surface area contributed by atoms with Crippen molar-refractivity contribution in [3.8, 4) is 0 Å². The number of urea groups is 1. The van der Waals surface area contributed by atoms with Crippen LogP contribution >= 0.6 is 0 Å². The van der Waals surface area contributed by atoms with Crippen molar-refractivity contribution in [3.63, 3.8) is 0 Å². The SMILES string of the molecule is C=CCNC(=O)NC1CCS(=O)(=O)C1. The van der Waals surface area contributed by atoms with Crippen LogP contribution in [0.25, 0.3) is 0 Å². The first kappa shape index (κ1) is 11.0. The van der Waals surface area contributed by atoms with Crippen molar-refractivity contribution < 1.29 is 13.2 Å². The van der Waals surface area contributed by atoms with Gasteiger partial charge in [0.2, 0.25) is 0 Å². The zero-order valence-corrected chi connectivity index (χ0v) is 8.64. The van der Waals surface area contributed by atoms with Gasteiger partial charge in [0.25, 0.3) is 0 Å². The number of carbonyl (C=O) groups is 1. The number of hydrogen-bond acceptors (Lipinski definition) is 3. The van der Waals surface area contributed by atoms with E-state index in [2.05, 4.69) is 17.2 Å². The Morgan fingerprint density at radius 1 is 1.57 bits per heavy atom. The van der Waals surface area contributed by atoms with Gasteiger partial charge in [-0.15, -0.1) is 6.58 Å². The molecule has 1 aliphatic rings. The van der Waals surface area contributed by atoms with Crippen LogP contribution in [0.4, 0.5) is 4.79 Å². The van der Waals surface area contributed by atoms with Gasteiger partial charge in [-0.1, -0.05) is 6.08 Å². The highest BCUT2D eigenvalue weighted by molar-refractivity contribution is 7.91. The third-order valence-electron chi connectivity index (χ3n) is 1.97. The minimum Gasteiger partial charge on any atom is -0.335 e. The molecule has 80 valence electrons. The summed E-state index contributed by atoms with van der Waals surface area (Å²) in [5.74, 6) is 0.216. The van der Waals surface area contributed by atoms with E-state index in [4.69, 9.17) is 0 Å². The van der Waals surface area contributed by atoms with Crippen LogP contribution in [0.1, 0.15) is 6.42 Å². The molecule has 1 unspecified atom stereocenters. The molecule has 0 aromatic heterocycles. The van der Waals surface area contributed by atoms with Crippen LogP contribution in [0.15, 0.2) is 12.7 Å². The van der Waals surface area contributed by atoms with Crippen molar-refractivity contribution >= 4 is 15.9 Å². The van der Waals surface area contributed by atoms with Gasteiger partial charge in [-0.3, -0.25) is 0 Å². The summed E-state index contributed by atoms with van der Waals surface area (Å²) in [6, 6.07) is -0.586. The molecule has 1 saturated heterocycles. The Balaban J connectivity index is 2.32. The average Bonchev–Trinajstić information content (AvgIpc) is 2.42. The smallest absolute Gasteiger partial charge is 0.315 e. The Bertz CT molecular complexity index is 323. The number of sulfone groups is 1. The second-order valence-electron chi connectivity index (χ2n) is 3.24. The highest BCUT2D eigenvalue weighted by Gasteiger charge is 2.28. The van der Waals surface area contributed by atoms with E-state index in [-0.39, 0.29) is 23.6 Å². The maximum absolute atomic E-state index is 11.1. The lowest BCUT2D eigenvalue weighted by molar-refractivity contribution is 0.239. The summed E-state index contributed by atoms with van der Waals surface area (Å²) < 4.78 is 22.1. The molecule has 0 saturated carbocycles. The summed E-state index contributed by atoms with van der Waals surface area (Å²) in [6.45, 7) is 3.83. The molecular formula is C8H14N2O3S. The van der Waals surface area contributed by atoms with E-state index in [1.165, 1.54) is 0 Å². The Morgan fingerprint density at radius 2 is 2.29 bits per heavy atom. The summed E-state index contributed by atoms with van der Waals surface area (Å²) in [5, 5.41) is 5.12. The summed E-state index contributed by atoms with van der Waals surface area (Å²) in [7, 11) is -2.92. The second-order valence-corrected chi connectivity index (χ2v) is 5.47. The van der Waals surface area contributed by atoms with Crippen LogP contribution in [0, 0.1) is 0 Å². The summed E-state index contributed by atoms with van der Waals surface area (Å²) in [5.41, 5.74) is 0. The van der Waals surface area contributed by atoms with E-state index in [9.17, 15) is 13.2 Å². The second kappa shape index (κ2) is 4.45. The Labute approximate surface area is 83.5 Å². The average molecular weight is 218 g/mol. The van der Waals surface area contributed by atoms with E-state index in [1.807, 2.05) is 0 Å². The zero-order valence-electron chi connectivity index (χ0n) is 7.82. The molecule has 2 N–H and O–H groups in total. The molecular weight excluding hydrogens is 204 g/mol. The van der Waals surface area contributed by atoms with Crippen LogP contribution in [0.2, 0.25) is 0 Å². The predicted octanol–water partition coefficient (Wildman–Crippen LogP) is -0.341. The van der Waals surface area contributed by atoms with Crippen molar-refractivity contribution in [1.29, 1.82) is 0 Å². The zero-order chi connectivity index (χ0) is 10.6. The molecule has 14 heavy (non-hydrogen) atoms. The molecule has 0 aliphatic carbocycles. The lowest BCUT2D eigenvalue weighted by Gasteiger charge is -2.10. The van der Waals surface area contributed by atoms with Crippen LogP contribution in [0.3, 0.4) is 0 Å². The van der Waals surface area contributed by atoms with E-state index in [1.54, 1.807) is 6.08 Å². The number of nitrogens with one attached hydrogen (secondary N) is 2. The summed E-state index contributed by atoms with van der Waals surface area (Å²) in [6.07, 6.45) is 2.06. The molecule has 0 aromatic carbocycles. The molecule has 0 bridgehead atoms. The van der Waals surface area contributed by atoms with Gasteiger partial charge in [-0.25, -0.2) is 13.2 Å². The third kappa shape index (κ3) is 3.37. The molecule has 0 radical (unpaired) electrons. The van der Waals surface area contributed by atoms with Crippen molar-refractivity contribution in [2.45, 2.75) is 12.5 Å². The third-order valence-corrected chi connectivity index (χ3v) is 3.74. The quantitative estimate of drug-likeness (QED) is 0.636. The van der Waals surface area contributed by atoms with E-state index < -0.39 is 9.84 Å². The lowest BCUT2D eigenvalue weighted by Crippen LogP contribution is -2.42. The molecule has 1 rings (SSSR count). The van der Waals surface area contributed by atoms with E-state index in [0.29, 0.717) is 13.0 Å². The Hall–Kier alpha value is -1.04. The first-order valence-corrected chi connectivity index (χ1v) is 6.21. The molecule has 0 spiro atoms. The summed E-state index contributed by atoms with van der Waals surface area (Å²) >= 11 is 0. The molecule has 1 heterocycles. The summed E-state index contributed by atoms with van der Waals surface area (Å²) in [4.78, 5) is 11.1. The number of amides is 2. The minimum absolute atomic E-state index is 0.0501. The first-order valence-electron chi connectivity index (χ1n) is 4.39. The fourth-order valence-corrected chi connectivity index (χ4v) is 2.98. The molecule has 6 heteroatoms.